The predicted octanol–water partition coefficient (Wildman–Crippen LogP) is 2.81. The van der Waals surface area contributed by atoms with Crippen LogP contribution in [0, 0.1) is 6.07 Å². The van der Waals surface area contributed by atoms with Gasteiger partial charge < -0.3 is 4.74 Å². The first kappa shape index (κ1) is 14.4. The standard InChI is InChI=1S/C14H24NOSi/c1-16-12-15(13-17(2,3)4)11-10-14-8-6-5-7-9-14/h5-8H,10-13H2,1-4H3. The van der Waals surface area contributed by atoms with Crippen LogP contribution in [0.15, 0.2) is 24.3 Å². The van der Waals surface area contributed by atoms with Crippen molar-refractivity contribution in [3.8, 4) is 0 Å². The molecule has 0 atom stereocenters. The Bertz CT molecular complexity index is 308. The smallest absolute Gasteiger partial charge is 0.0983 e. The third-order valence-electron chi connectivity index (χ3n) is 2.48. The third kappa shape index (κ3) is 6.61. The van der Waals surface area contributed by atoms with Crippen molar-refractivity contribution in [1.29, 1.82) is 0 Å². The van der Waals surface area contributed by atoms with Gasteiger partial charge in [0.2, 0.25) is 0 Å². The Balaban J connectivity index is 2.44. The number of hydrogen-bond acceptors (Lipinski definition) is 2. The quantitative estimate of drug-likeness (QED) is 0.545. The molecule has 3 heteroatoms. The van der Waals surface area contributed by atoms with E-state index < -0.39 is 8.07 Å². The van der Waals surface area contributed by atoms with Crippen LogP contribution in [0.1, 0.15) is 5.56 Å². The van der Waals surface area contributed by atoms with E-state index in [4.69, 9.17) is 4.74 Å². The van der Waals surface area contributed by atoms with E-state index in [9.17, 15) is 0 Å². The summed E-state index contributed by atoms with van der Waals surface area (Å²) in [5.41, 5.74) is 1.28. The van der Waals surface area contributed by atoms with Gasteiger partial charge in [-0.1, -0.05) is 43.9 Å². The summed E-state index contributed by atoms with van der Waals surface area (Å²) < 4.78 is 5.28. The zero-order valence-electron chi connectivity index (χ0n) is 11.5. The van der Waals surface area contributed by atoms with Gasteiger partial charge in [0.25, 0.3) is 0 Å². The van der Waals surface area contributed by atoms with Crippen molar-refractivity contribution in [3.05, 3.63) is 35.9 Å². The highest BCUT2D eigenvalue weighted by Gasteiger charge is 2.17. The second kappa shape index (κ2) is 6.94. The van der Waals surface area contributed by atoms with Gasteiger partial charge in [-0.15, -0.1) is 0 Å². The van der Waals surface area contributed by atoms with Gasteiger partial charge >= 0.3 is 0 Å². The largest absolute Gasteiger partial charge is 0.369 e. The monoisotopic (exact) mass is 250 g/mol. The van der Waals surface area contributed by atoms with Crippen LogP contribution < -0.4 is 0 Å². The maximum absolute atomic E-state index is 5.28. The molecule has 0 saturated carbocycles. The molecule has 1 rings (SSSR count). The maximum Gasteiger partial charge on any atom is 0.0983 e. The van der Waals surface area contributed by atoms with Crippen LogP contribution in [-0.2, 0) is 11.2 Å². The fraction of sp³-hybridized carbons (Fsp3) is 0.571. The molecule has 0 bridgehead atoms. The lowest BCUT2D eigenvalue weighted by Gasteiger charge is -2.28. The zero-order valence-corrected chi connectivity index (χ0v) is 12.5. The second-order valence-corrected chi connectivity index (χ2v) is 11.1. The Morgan fingerprint density at radius 2 is 2.06 bits per heavy atom. The van der Waals surface area contributed by atoms with Crippen LogP contribution in [0.4, 0.5) is 0 Å². The summed E-state index contributed by atoms with van der Waals surface area (Å²) >= 11 is 0. The minimum Gasteiger partial charge on any atom is -0.369 e. The van der Waals surface area contributed by atoms with E-state index in [1.54, 1.807) is 7.11 Å². The molecular formula is C14H24NOSi. The molecule has 0 saturated heterocycles. The molecule has 0 heterocycles. The average molecular weight is 250 g/mol. The van der Waals surface area contributed by atoms with E-state index in [0.29, 0.717) is 0 Å². The highest BCUT2D eigenvalue weighted by atomic mass is 28.3. The molecular weight excluding hydrogens is 226 g/mol. The minimum absolute atomic E-state index is 0.733. The molecule has 0 fully saturated rings. The summed E-state index contributed by atoms with van der Waals surface area (Å²) in [6, 6.07) is 11.5. The summed E-state index contributed by atoms with van der Waals surface area (Å²) in [7, 11) is 0.710. The van der Waals surface area contributed by atoms with E-state index >= 15 is 0 Å². The summed E-state index contributed by atoms with van der Waals surface area (Å²) in [6.45, 7) is 8.97. The van der Waals surface area contributed by atoms with Crippen LogP contribution in [0.2, 0.25) is 19.6 Å². The predicted molar refractivity (Wildman–Crippen MR) is 75.8 cm³/mol. The van der Waals surface area contributed by atoms with Crippen LogP contribution in [0.5, 0.6) is 0 Å². The van der Waals surface area contributed by atoms with Crippen LogP contribution in [-0.4, -0.2) is 39.5 Å². The van der Waals surface area contributed by atoms with Crippen molar-refractivity contribution in [2.45, 2.75) is 26.1 Å². The lowest BCUT2D eigenvalue weighted by molar-refractivity contribution is 0.0755. The van der Waals surface area contributed by atoms with Crippen LogP contribution in [0.3, 0.4) is 0 Å². The summed E-state index contributed by atoms with van der Waals surface area (Å²) in [6.07, 6.45) is 2.24. The van der Waals surface area contributed by atoms with E-state index in [2.05, 4.69) is 42.7 Å². The highest BCUT2D eigenvalue weighted by Crippen LogP contribution is 2.06. The van der Waals surface area contributed by atoms with E-state index in [-0.39, 0.29) is 0 Å². The minimum atomic E-state index is -1.06. The molecule has 0 aromatic heterocycles. The SMILES string of the molecule is COCN(CCc1[c]cccc1)C[Si](C)(C)C. The first-order valence-electron chi connectivity index (χ1n) is 6.18. The summed E-state index contributed by atoms with van der Waals surface area (Å²) in [5.74, 6) is 0. The lowest BCUT2D eigenvalue weighted by atomic mass is 10.1. The molecule has 0 amide bonds. The van der Waals surface area contributed by atoms with Crippen molar-refractivity contribution < 1.29 is 4.74 Å². The van der Waals surface area contributed by atoms with Gasteiger partial charge in [-0.3, -0.25) is 4.90 Å². The maximum atomic E-state index is 5.28. The summed E-state index contributed by atoms with van der Waals surface area (Å²) in [4.78, 5) is 2.41. The molecule has 1 aromatic carbocycles. The molecule has 17 heavy (non-hydrogen) atoms. The fourth-order valence-electron chi connectivity index (χ4n) is 1.91. The van der Waals surface area contributed by atoms with E-state index in [1.165, 1.54) is 11.7 Å². The lowest BCUT2D eigenvalue weighted by Crippen LogP contribution is -2.42. The molecule has 0 aliphatic rings. The first-order valence-corrected chi connectivity index (χ1v) is 9.89. The van der Waals surface area contributed by atoms with E-state index in [1.807, 2.05) is 12.1 Å². The van der Waals surface area contributed by atoms with Crippen LogP contribution in [0.25, 0.3) is 0 Å². The number of ether oxygens (including phenoxy) is 1. The van der Waals surface area contributed by atoms with Crippen LogP contribution >= 0.6 is 0 Å². The molecule has 0 aliphatic heterocycles. The number of hydrogen-bond donors (Lipinski definition) is 0. The molecule has 0 N–H and O–H groups in total. The highest BCUT2D eigenvalue weighted by molar-refractivity contribution is 6.76. The number of nitrogens with zero attached hydrogens (tertiary/aromatic N) is 1. The molecule has 0 aliphatic carbocycles. The van der Waals surface area contributed by atoms with Gasteiger partial charge in [0.1, 0.15) is 0 Å². The molecule has 1 aromatic rings. The Morgan fingerprint density at radius 1 is 1.29 bits per heavy atom. The number of methoxy groups -OCH3 is 1. The van der Waals surface area contributed by atoms with Gasteiger partial charge in [0.05, 0.1) is 14.8 Å². The second-order valence-electron chi connectivity index (χ2n) is 5.67. The molecule has 95 valence electrons. The van der Waals surface area contributed by atoms with Crippen molar-refractivity contribution in [2.24, 2.45) is 0 Å². The van der Waals surface area contributed by atoms with Crippen molar-refractivity contribution >= 4 is 8.07 Å². The average Bonchev–Trinajstić information content (AvgIpc) is 2.26. The Labute approximate surface area is 107 Å². The Kier molecular flexibility index (Phi) is 5.89. The normalized spacial score (nSPS) is 12.1. The van der Waals surface area contributed by atoms with Gasteiger partial charge in [0.15, 0.2) is 0 Å². The van der Waals surface area contributed by atoms with E-state index in [0.717, 1.165) is 19.7 Å². The topological polar surface area (TPSA) is 12.5 Å². The number of benzene rings is 1. The molecule has 0 spiro atoms. The zero-order chi connectivity index (χ0) is 12.7. The molecule has 2 nitrogen and oxygen atoms in total. The van der Waals surface area contributed by atoms with Gasteiger partial charge in [-0.2, -0.15) is 0 Å². The number of rotatable bonds is 7. The van der Waals surface area contributed by atoms with Gasteiger partial charge in [-0.25, -0.2) is 0 Å². The van der Waals surface area contributed by atoms with Crippen molar-refractivity contribution in [2.75, 3.05) is 26.6 Å². The van der Waals surface area contributed by atoms with Gasteiger partial charge in [-0.05, 0) is 24.2 Å². The Hall–Kier alpha value is -0.643. The fourth-order valence-corrected chi connectivity index (χ4v) is 3.50. The van der Waals surface area contributed by atoms with Crippen molar-refractivity contribution in [1.82, 2.24) is 4.90 Å². The van der Waals surface area contributed by atoms with Gasteiger partial charge in [0, 0.05) is 13.7 Å². The summed E-state index contributed by atoms with van der Waals surface area (Å²) in [5, 5.41) is 0. The Morgan fingerprint density at radius 3 is 2.59 bits per heavy atom. The van der Waals surface area contributed by atoms with Crippen molar-refractivity contribution in [3.63, 3.8) is 0 Å². The first-order chi connectivity index (χ1) is 8.01. The third-order valence-corrected chi connectivity index (χ3v) is 3.88. The molecule has 0 unspecified atom stereocenters. The molecule has 1 radical (unpaired) electrons.